The fourth-order valence-electron chi connectivity index (χ4n) is 3.58. The molecule has 3 rings (SSSR count). The van der Waals surface area contributed by atoms with Gasteiger partial charge in [-0.25, -0.2) is 4.79 Å². The van der Waals surface area contributed by atoms with Crippen LogP contribution in [0.3, 0.4) is 0 Å². The summed E-state index contributed by atoms with van der Waals surface area (Å²) in [5.74, 6) is 0.990. The molecular formula is C19H25NO3. The van der Waals surface area contributed by atoms with Crippen molar-refractivity contribution in [2.45, 2.75) is 64.0 Å². The van der Waals surface area contributed by atoms with Crippen LogP contribution in [-0.2, 0) is 16.1 Å². The molecule has 0 spiro atoms. The maximum atomic E-state index is 11.7. The van der Waals surface area contributed by atoms with Crippen LogP contribution >= 0.6 is 0 Å². The van der Waals surface area contributed by atoms with Gasteiger partial charge in [0, 0.05) is 6.42 Å². The van der Waals surface area contributed by atoms with Gasteiger partial charge in [0.1, 0.15) is 6.61 Å². The third kappa shape index (κ3) is 3.92. The van der Waals surface area contributed by atoms with Gasteiger partial charge in [0.15, 0.2) is 5.78 Å². The van der Waals surface area contributed by atoms with E-state index in [1.165, 1.54) is 37.7 Å². The van der Waals surface area contributed by atoms with Crippen molar-refractivity contribution in [2.24, 2.45) is 5.92 Å². The summed E-state index contributed by atoms with van der Waals surface area (Å²) in [6, 6.07) is 8.02. The average molecular weight is 315 g/mol. The Morgan fingerprint density at radius 3 is 2.48 bits per heavy atom. The highest BCUT2D eigenvalue weighted by atomic mass is 16.5. The number of hydrogen-bond donors (Lipinski definition) is 1. The Balaban J connectivity index is 1.46. The van der Waals surface area contributed by atoms with Crippen LogP contribution in [0.15, 0.2) is 24.3 Å². The fourth-order valence-corrected chi connectivity index (χ4v) is 3.58. The molecule has 0 unspecified atom stereocenters. The molecule has 0 aliphatic heterocycles. The third-order valence-electron chi connectivity index (χ3n) is 5.14. The zero-order chi connectivity index (χ0) is 16.2. The summed E-state index contributed by atoms with van der Waals surface area (Å²) in [5.41, 5.74) is 2.37. The lowest BCUT2D eigenvalue weighted by molar-refractivity contribution is -0.129. The first-order valence-electron chi connectivity index (χ1n) is 8.68. The molecule has 23 heavy (non-hydrogen) atoms. The van der Waals surface area contributed by atoms with Gasteiger partial charge in [-0.05, 0) is 35.8 Å². The highest BCUT2D eigenvalue weighted by molar-refractivity contribution is 5.93. The minimum absolute atomic E-state index is 0.0892. The Labute approximate surface area is 137 Å². The molecule has 0 saturated heterocycles. The van der Waals surface area contributed by atoms with Gasteiger partial charge >= 0.3 is 6.09 Å². The number of rotatable bonds is 4. The first-order chi connectivity index (χ1) is 11.1. The van der Waals surface area contributed by atoms with Crippen LogP contribution < -0.4 is 5.32 Å². The van der Waals surface area contributed by atoms with Crippen molar-refractivity contribution in [3.63, 3.8) is 0 Å². The van der Waals surface area contributed by atoms with Crippen molar-refractivity contribution in [3.8, 4) is 0 Å². The molecule has 1 amide bonds. The van der Waals surface area contributed by atoms with Crippen molar-refractivity contribution in [2.75, 3.05) is 0 Å². The van der Waals surface area contributed by atoms with Crippen LogP contribution in [0.2, 0.25) is 0 Å². The molecule has 2 saturated carbocycles. The molecule has 4 nitrogen and oxygen atoms in total. The van der Waals surface area contributed by atoms with Crippen LogP contribution in [0.4, 0.5) is 4.79 Å². The second-order valence-electron chi connectivity index (χ2n) is 6.92. The third-order valence-corrected chi connectivity index (χ3v) is 5.14. The Morgan fingerprint density at radius 1 is 1.17 bits per heavy atom. The summed E-state index contributed by atoms with van der Waals surface area (Å²) in [5, 5.41) is 2.64. The van der Waals surface area contributed by atoms with E-state index in [4.69, 9.17) is 4.74 Å². The molecular weight excluding hydrogens is 290 g/mol. The number of hydrogen-bond acceptors (Lipinski definition) is 3. The van der Waals surface area contributed by atoms with Crippen LogP contribution in [-0.4, -0.2) is 17.9 Å². The van der Waals surface area contributed by atoms with Crippen LogP contribution in [0, 0.1) is 5.92 Å². The maximum absolute atomic E-state index is 11.7. The fraction of sp³-hybridized carbons (Fsp3) is 0.579. The van der Waals surface area contributed by atoms with Gasteiger partial charge in [0.25, 0.3) is 0 Å². The molecule has 124 valence electrons. The molecule has 0 radical (unpaired) electrons. The lowest BCUT2D eigenvalue weighted by Gasteiger charge is -2.32. The predicted octanol–water partition coefficient (Wildman–Crippen LogP) is 3.94. The van der Waals surface area contributed by atoms with Gasteiger partial charge in [-0.15, -0.1) is 0 Å². The summed E-state index contributed by atoms with van der Waals surface area (Å²) in [7, 11) is 0. The van der Waals surface area contributed by atoms with E-state index in [0.717, 1.165) is 5.56 Å². The summed E-state index contributed by atoms with van der Waals surface area (Å²) >= 11 is 0. The number of carbonyl (C=O) groups is 2. The summed E-state index contributed by atoms with van der Waals surface area (Å²) in [4.78, 5) is 23.1. The van der Waals surface area contributed by atoms with Gasteiger partial charge in [0.05, 0.1) is 6.04 Å². The molecule has 1 aromatic carbocycles. The molecule has 4 heteroatoms. The zero-order valence-electron chi connectivity index (χ0n) is 13.7. The number of benzene rings is 1. The van der Waals surface area contributed by atoms with Crippen LogP contribution in [0.5, 0.6) is 0 Å². The Kier molecular flexibility index (Phi) is 4.99. The number of ketones is 1. The second kappa shape index (κ2) is 7.16. The van der Waals surface area contributed by atoms with Crippen molar-refractivity contribution >= 4 is 11.9 Å². The quantitative estimate of drug-likeness (QED) is 0.915. The number of ether oxygens (including phenoxy) is 1. The average Bonchev–Trinajstić information content (AvgIpc) is 2.59. The molecule has 1 aromatic rings. The smallest absolute Gasteiger partial charge is 0.408 e. The lowest BCUT2D eigenvalue weighted by atomic mass is 9.80. The Morgan fingerprint density at radius 2 is 1.87 bits per heavy atom. The van der Waals surface area contributed by atoms with Crippen molar-refractivity contribution in [1.29, 1.82) is 0 Å². The molecule has 0 heterocycles. The Hall–Kier alpha value is -1.84. The number of carbonyl (C=O) groups excluding carboxylic acids is 2. The maximum Gasteiger partial charge on any atom is 0.408 e. The Bertz CT molecular complexity index is 560. The zero-order valence-corrected chi connectivity index (χ0v) is 13.7. The minimum Gasteiger partial charge on any atom is -0.445 e. The van der Waals surface area contributed by atoms with E-state index >= 15 is 0 Å². The normalized spacial score (nSPS) is 24.8. The van der Waals surface area contributed by atoms with E-state index in [2.05, 4.69) is 17.4 Å². The van der Waals surface area contributed by atoms with Crippen LogP contribution in [0.25, 0.3) is 0 Å². The summed E-state index contributed by atoms with van der Waals surface area (Å²) < 4.78 is 5.21. The predicted molar refractivity (Wildman–Crippen MR) is 88.2 cm³/mol. The van der Waals surface area contributed by atoms with Gasteiger partial charge in [-0.1, -0.05) is 50.5 Å². The molecule has 0 bridgehead atoms. The molecule has 2 atom stereocenters. The molecule has 2 aliphatic carbocycles. The number of alkyl carbamates (subject to hydrolysis) is 1. The molecule has 2 aliphatic rings. The lowest BCUT2D eigenvalue weighted by Crippen LogP contribution is -2.53. The van der Waals surface area contributed by atoms with E-state index in [1.807, 2.05) is 19.1 Å². The van der Waals surface area contributed by atoms with Gasteiger partial charge in [0.2, 0.25) is 0 Å². The monoisotopic (exact) mass is 315 g/mol. The highest BCUT2D eigenvalue weighted by Gasteiger charge is 2.37. The highest BCUT2D eigenvalue weighted by Crippen LogP contribution is 2.32. The number of amides is 1. The van der Waals surface area contributed by atoms with E-state index in [-0.39, 0.29) is 24.3 Å². The van der Waals surface area contributed by atoms with E-state index < -0.39 is 6.09 Å². The van der Waals surface area contributed by atoms with Crippen molar-refractivity contribution < 1.29 is 14.3 Å². The van der Waals surface area contributed by atoms with Gasteiger partial charge in [-0.2, -0.15) is 0 Å². The number of nitrogens with one attached hydrogen (secondary N) is 1. The molecule has 2 fully saturated rings. The first kappa shape index (κ1) is 16.0. The van der Waals surface area contributed by atoms with E-state index in [1.54, 1.807) is 0 Å². The number of Topliss-reactive ketones (excluding diaryl/α,β-unsaturated/α-hetero) is 1. The van der Waals surface area contributed by atoms with Crippen molar-refractivity contribution in [1.82, 2.24) is 5.32 Å². The second-order valence-corrected chi connectivity index (χ2v) is 6.92. The summed E-state index contributed by atoms with van der Waals surface area (Å²) in [6.45, 7) is 2.20. The molecule has 1 N–H and O–H groups in total. The van der Waals surface area contributed by atoms with E-state index in [9.17, 15) is 9.59 Å². The standard InChI is InChI=1S/C19H25NO3/c1-13-11-17(21)18(13)20-19(22)23-12-14-7-9-16(10-8-14)15-5-3-2-4-6-15/h7-10,13,15,18H,2-6,11-12H2,1H3,(H,20,22)/t13-,18-/m0/s1. The van der Waals surface area contributed by atoms with Gasteiger partial charge in [-0.3, -0.25) is 4.79 Å². The molecule has 0 aromatic heterocycles. The largest absolute Gasteiger partial charge is 0.445 e. The minimum atomic E-state index is -0.508. The van der Waals surface area contributed by atoms with Gasteiger partial charge < -0.3 is 10.1 Å². The van der Waals surface area contributed by atoms with E-state index in [0.29, 0.717) is 12.3 Å². The van der Waals surface area contributed by atoms with Crippen LogP contribution in [0.1, 0.15) is 62.5 Å². The first-order valence-corrected chi connectivity index (χ1v) is 8.68. The van der Waals surface area contributed by atoms with Crippen molar-refractivity contribution in [3.05, 3.63) is 35.4 Å². The summed E-state index contributed by atoms with van der Waals surface area (Å²) in [6.07, 6.45) is 6.62. The topological polar surface area (TPSA) is 55.4 Å². The SMILES string of the molecule is C[C@H]1CC(=O)[C@H]1NC(=O)OCc1ccc(C2CCCCC2)cc1.